The molecular weight excluding hydrogens is 264 g/mol. The lowest BCUT2D eigenvalue weighted by molar-refractivity contribution is -0.144. The largest absolute Gasteiger partial charge is 0.350 e. The first-order chi connectivity index (χ1) is 9.64. The maximum absolute atomic E-state index is 12.4. The van der Waals surface area contributed by atoms with Gasteiger partial charge in [-0.2, -0.15) is 0 Å². The van der Waals surface area contributed by atoms with Crippen LogP contribution in [-0.4, -0.2) is 33.8 Å². The molecule has 0 bridgehead atoms. The highest BCUT2D eigenvalue weighted by atomic mass is 16.2. The van der Waals surface area contributed by atoms with E-state index in [1.54, 1.807) is 18.2 Å². The number of allylic oxidation sites excluding steroid dienone is 2. The fourth-order valence-electron chi connectivity index (χ4n) is 3.60. The molecule has 1 aliphatic heterocycles. The standard InChI is InChI=1S/C17H28N2O2/c1-7-9-14(20)18-13-11-16(3,4)19(15(21)10-8-2)17(5,6)12-13/h7-10,13H,11-12H2,1-6H3,(H,18,20). The number of nitrogens with zero attached hydrogens (tertiary/aromatic N) is 1. The fraction of sp³-hybridized carbons (Fsp3) is 0.647. The summed E-state index contributed by atoms with van der Waals surface area (Å²) < 4.78 is 0. The van der Waals surface area contributed by atoms with Gasteiger partial charge >= 0.3 is 0 Å². The fourth-order valence-corrected chi connectivity index (χ4v) is 3.60. The van der Waals surface area contributed by atoms with Gasteiger partial charge in [0, 0.05) is 17.1 Å². The number of rotatable bonds is 3. The predicted octanol–water partition coefficient (Wildman–Crippen LogP) is 2.80. The SMILES string of the molecule is CC=CC(=O)NC1CC(C)(C)N(C(=O)C=CC)C(C)(C)C1. The molecule has 4 heteroatoms. The van der Waals surface area contributed by atoms with Crippen molar-refractivity contribution in [1.29, 1.82) is 0 Å². The summed E-state index contributed by atoms with van der Waals surface area (Å²) in [6, 6.07) is 0.0772. The highest BCUT2D eigenvalue weighted by Gasteiger charge is 2.47. The van der Waals surface area contributed by atoms with Crippen molar-refractivity contribution in [2.45, 2.75) is 71.5 Å². The lowest BCUT2D eigenvalue weighted by Gasteiger charge is -2.55. The molecule has 0 aliphatic carbocycles. The van der Waals surface area contributed by atoms with Crippen LogP contribution in [0.4, 0.5) is 0 Å². The average molecular weight is 292 g/mol. The van der Waals surface area contributed by atoms with Crippen molar-refractivity contribution in [1.82, 2.24) is 10.2 Å². The summed E-state index contributed by atoms with van der Waals surface area (Å²) in [4.78, 5) is 26.1. The molecule has 4 nitrogen and oxygen atoms in total. The number of carbonyl (C=O) groups excluding carboxylic acids is 2. The maximum Gasteiger partial charge on any atom is 0.247 e. The Morgan fingerprint density at radius 1 is 1.00 bits per heavy atom. The molecule has 118 valence electrons. The second-order valence-corrected chi connectivity index (χ2v) is 6.91. The molecule has 1 aliphatic rings. The van der Waals surface area contributed by atoms with Gasteiger partial charge < -0.3 is 10.2 Å². The van der Waals surface area contributed by atoms with Crippen LogP contribution in [0.25, 0.3) is 0 Å². The first kappa shape index (κ1) is 17.5. The van der Waals surface area contributed by atoms with Crippen LogP contribution >= 0.6 is 0 Å². The van der Waals surface area contributed by atoms with Gasteiger partial charge in [0.15, 0.2) is 0 Å². The third-order valence-electron chi connectivity index (χ3n) is 3.90. The Morgan fingerprint density at radius 2 is 1.48 bits per heavy atom. The van der Waals surface area contributed by atoms with Crippen LogP contribution in [0.2, 0.25) is 0 Å². The van der Waals surface area contributed by atoms with E-state index in [0.717, 1.165) is 12.8 Å². The number of hydrogen-bond donors (Lipinski definition) is 1. The van der Waals surface area contributed by atoms with Gasteiger partial charge in [-0.25, -0.2) is 0 Å². The lowest BCUT2D eigenvalue weighted by Crippen LogP contribution is -2.65. The van der Waals surface area contributed by atoms with Crippen molar-refractivity contribution >= 4 is 11.8 Å². The number of piperidine rings is 1. The highest BCUT2D eigenvalue weighted by Crippen LogP contribution is 2.38. The number of likely N-dealkylation sites (tertiary alicyclic amines) is 1. The van der Waals surface area contributed by atoms with E-state index in [4.69, 9.17) is 0 Å². The first-order valence-corrected chi connectivity index (χ1v) is 7.54. The summed E-state index contributed by atoms with van der Waals surface area (Å²) in [6.07, 6.45) is 8.16. The summed E-state index contributed by atoms with van der Waals surface area (Å²) in [5.41, 5.74) is -0.599. The van der Waals surface area contributed by atoms with Gasteiger partial charge in [-0.05, 0) is 66.5 Å². The Bertz CT molecular complexity index is 443. The summed E-state index contributed by atoms with van der Waals surface area (Å²) in [5.74, 6) is -0.0342. The van der Waals surface area contributed by atoms with Crippen LogP contribution < -0.4 is 5.32 Å². The van der Waals surface area contributed by atoms with E-state index in [2.05, 4.69) is 33.0 Å². The molecule has 2 amide bonds. The number of amides is 2. The van der Waals surface area contributed by atoms with Crippen LogP contribution in [0.3, 0.4) is 0 Å². The number of carbonyl (C=O) groups is 2. The molecule has 0 aromatic heterocycles. The highest BCUT2D eigenvalue weighted by molar-refractivity contribution is 5.89. The Labute approximate surface area is 128 Å². The van der Waals surface area contributed by atoms with E-state index in [-0.39, 0.29) is 28.9 Å². The molecule has 0 aromatic rings. The molecule has 0 saturated carbocycles. The van der Waals surface area contributed by atoms with Crippen molar-refractivity contribution in [3.8, 4) is 0 Å². The minimum absolute atomic E-state index is 0.0331. The average Bonchev–Trinajstić information content (AvgIpc) is 2.25. The molecular formula is C17H28N2O2. The number of hydrogen-bond acceptors (Lipinski definition) is 2. The Balaban J connectivity index is 2.97. The normalized spacial score (nSPS) is 21.9. The van der Waals surface area contributed by atoms with Crippen LogP contribution in [-0.2, 0) is 9.59 Å². The van der Waals surface area contributed by atoms with Crippen LogP contribution in [0.1, 0.15) is 54.4 Å². The van der Waals surface area contributed by atoms with E-state index < -0.39 is 0 Å². The van der Waals surface area contributed by atoms with Crippen molar-refractivity contribution in [2.75, 3.05) is 0 Å². The summed E-state index contributed by atoms with van der Waals surface area (Å²) in [5, 5.41) is 3.04. The zero-order chi connectivity index (χ0) is 16.3. The second kappa shape index (κ2) is 6.46. The monoisotopic (exact) mass is 292 g/mol. The molecule has 0 spiro atoms. The van der Waals surface area contributed by atoms with Crippen LogP contribution in [0.5, 0.6) is 0 Å². The molecule has 1 rings (SSSR count). The Hall–Kier alpha value is -1.58. The Kier molecular flexibility index (Phi) is 5.37. The van der Waals surface area contributed by atoms with Gasteiger partial charge in [0.2, 0.25) is 11.8 Å². The molecule has 0 atom stereocenters. The molecule has 1 N–H and O–H groups in total. The van der Waals surface area contributed by atoms with E-state index in [1.807, 2.05) is 18.7 Å². The minimum Gasteiger partial charge on any atom is -0.350 e. The van der Waals surface area contributed by atoms with Gasteiger partial charge in [-0.15, -0.1) is 0 Å². The third-order valence-corrected chi connectivity index (χ3v) is 3.90. The van der Waals surface area contributed by atoms with E-state index >= 15 is 0 Å². The summed E-state index contributed by atoms with van der Waals surface area (Å²) in [7, 11) is 0. The minimum atomic E-state index is -0.299. The second-order valence-electron chi connectivity index (χ2n) is 6.91. The molecule has 0 aromatic carbocycles. The first-order valence-electron chi connectivity index (χ1n) is 7.54. The molecule has 1 fully saturated rings. The Morgan fingerprint density at radius 3 is 1.90 bits per heavy atom. The molecule has 0 radical (unpaired) electrons. The van der Waals surface area contributed by atoms with E-state index in [9.17, 15) is 9.59 Å². The predicted molar refractivity (Wildman–Crippen MR) is 85.8 cm³/mol. The lowest BCUT2D eigenvalue weighted by atomic mass is 9.76. The molecule has 1 heterocycles. The smallest absolute Gasteiger partial charge is 0.247 e. The van der Waals surface area contributed by atoms with Gasteiger partial charge in [-0.3, -0.25) is 9.59 Å². The van der Waals surface area contributed by atoms with Crippen LogP contribution in [0, 0.1) is 0 Å². The van der Waals surface area contributed by atoms with Gasteiger partial charge in [0.1, 0.15) is 0 Å². The van der Waals surface area contributed by atoms with Crippen molar-refractivity contribution in [3.63, 3.8) is 0 Å². The van der Waals surface area contributed by atoms with Crippen molar-refractivity contribution < 1.29 is 9.59 Å². The third kappa shape index (κ3) is 4.19. The van der Waals surface area contributed by atoms with Gasteiger partial charge in [0.05, 0.1) is 0 Å². The van der Waals surface area contributed by atoms with E-state index in [1.165, 1.54) is 6.08 Å². The van der Waals surface area contributed by atoms with Gasteiger partial charge in [-0.1, -0.05) is 12.2 Å². The quantitative estimate of drug-likeness (QED) is 0.813. The zero-order valence-electron chi connectivity index (χ0n) is 14.1. The molecule has 0 unspecified atom stereocenters. The summed E-state index contributed by atoms with van der Waals surface area (Å²) >= 11 is 0. The van der Waals surface area contributed by atoms with E-state index in [0.29, 0.717) is 0 Å². The van der Waals surface area contributed by atoms with Crippen molar-refractivity contribution in [3.05, 3.63) is 24.3 Å². The maximum atomic E-state index is 12.4. The molecule has 21 heavy (non-hydrogen) atoms. The summed E-state index contributed by atoms with van der Waals surface area (Å²) in [6.45, 7) is 11.9. The number of nitrogens with one attached hydrogen (secondary N) is 1. The molecule has 1 saturated heterocycles. The van der Waals surface area contributed by atoms with Gasteiger partial charge in [0.25, 0.3) is 0 Å². The van der Waals surface area contributed by atoms with Crippen molar-refractivity contribution in [2.24, 2.45) is 0 Å². The topological polar surface area (TPSA) is 49.4 Å². The van der Waals surface area contributed by atoms with Crippen LogP contribution in [0.15, 0.2) is 24.3 Å². The zero-order valence-corrected chi connectivity index (χ0v) is 14.1.